The fourth-order valence-corrected chi connectivity index (χ4v) is 4.33. The number of pyridine rings is 1. The minimum atomic E-state index is -0.777. The van der Waals surface area contributed by atoms with Crippen molar-refractivity contribution in [3.8, 4) is 5.75 Å². The average molecular weight is 408 g/mol. The number of hydrogen-bond donors (Lipinski definition) is 2. The van der Waals surface area contributed by atoms with Crippen molar-refractivity contribution in [2.75, 3.05) is 13.2 Å². The van der Waals surface area contributed by atoms with Gasteiger partial charge in [0.15, 0.2) is 0 Å². The van der Waals surface area contributed by atoms with E-state index in [9.17, 15) is 9.90 Å². The molecule has 2 aliphatic rings. The molecule has 158 valence electrons. The van der Waals surface area contributed by atoms with Gasteiger partial charge in [-0.3, -0.25) is 10.1 Å². The molecule has 0 bridgehead atoms. The van der Waals surface area contributed by atoms with Gasteiger partial charge in [-0.2, -0.15) is 0 Å². The summed E-state index contributed by atoms with van der Waals surface area (Å²) in [7, 11) is 0. The summed E-state index contributed by atoms with van der Waals surface area (Å²) >= 11 is 0. The number of benzene rings is 1. The topological polar surface area (TPSA) is 76.0 Å². The van der Waals surface area contributed by atoms with Crippen LogP contribution in [0.15, 0.2) is 42.5 Å². The van der Waals surface area contributed by atoms with Gasteiger partial charge in [-0.05, 0) is 61.4 Å². The van der Waals surface area contributed by atoms with Crippen LogP contribution in [0.3, 0.4) is 0 Å². The number of carbonyl (C=O) groups is 1. The van der Waals surface area contributed by atoms with Crippen LogP contribution in [-0.2, 0) is 24.1 Å². The van der Waals surface area contributed by atoms with Crippen molar-refractivity contribution in [2.45, 2.75) is 57.3 Å². The second-order valence-electron chi connectivity index (χ2n) is 8.29. The third-order valence-corrected chi connectivity index (χ3v) is 6.02. The van der Waals surface area contributed by atoms with Gasteiger partial charge in [-0.25, -0.2) is 4.98 Å². The molecule has 0 spiro atoms. The van der Waals surface area contributed by atoms with Crippen molar-refractivity contribution in [1.29, 1.82) is 0 Å². The lowest BCUT2D eigenvalue weighted by molar-refractivity contribution is -0.579. The number of rotatable bonds is 9. The van der Waals surface area contributed by atoms with Crippen LogP contribution in [0.5, 0.6) is 5.75 Å². The summed E-state index contributed by atoms with van der Waals surface area (Å²) in [5, 5.41) is 11.6. The Hall–Kier alpha value is -2.66. The first kappa shape index (κ1) is 20.6. The highest BCUT2D eigenvalue weighted by atomic mass is 16.5. The van der Waals surface area contributed by atoms with Crippen LogP contribution in [0.4, 0.5) is 5.82 Å². The van der Waals surface area contributed by atoms with Crippen molar-refractivity contribution >= 4 is 11.8 Å². The first-order chi connectivity index (χ1) is 14.7. The lowest BCUT2D eigenvalue weighted by Gasteiger charge is -2.13. The van der Waals surface area contributed by atoms with E-state index < -0.39 is 5.97 Å². The third kappa shape index (κ3) is 5.28. The summed E-state index contributed by atoms with van der Waals surface area (Å²) in [6.45, 7) is 1.86. The molecule has 2 aromatic rings. The number of aliphatic carboxylic acids is 1. The molecule has 30 heavy (non-hydrogen) atoms. The molecule has 5 nitrogen and oxygen atoms in total. The predicted octanol–water partition coefficient (Wildman–Crippen LogP) is 3.69. The van der Waals surface area contributed by atoms with E-state index in [1.54, 1.807) is 0 Å². The van der Waals surface area contributed by atoms with E-state index in [1.165, 1.54) is 29.1 Å². The van der Waals surface area contributed by atoms with Crippen LogP contribution in [0.2, 0.25) is 0 Å². The van der Waals surface area contributed by atoms with Gasteiger partial charge >= 0.3 is 5.97 Å². The number of hydrogen-bond acceptors (Lipinski definition) is 3. The zero-order chi connectivity index (χ0) is 20.8. The molecule has 0 saturated heterocycles. The van der Waals surface area contributed by atoms with Crippen LogP contribution in [0, 0.1) is 0 Å². The fourth-order valence-electron chi connectivity index (χ4n) is 4.33. The molecule has 1 aromatic heterocycles. The number of allylic oxidation sites excluding steroid dienone is 2. The molecule has 0 fully saturated rings. The molecule has 0 radical (unpaired) electrons. The van der Waals surface area contributed by atoms with E-state index in [0.29, 0.717) is 0 Å². The Morgan fingerprint density at radius 3 is 3.00 bits per heavy atom. The lowest BCUT2D eigenvalue weighted by atomic mass is 9.93. The first-order valence-electron chi connectivity index (χ1n) is 11.1. The maximum atomic E-state index is 11.3. The average Bonchev–Trinajstić information content (AvgIpc) is 3.23. The summed E-state index contributed by atoms with van der Waals surface area (Å²) in [5.74, 6) is 1.20. The van der Waals surface area contributed by atoms with Crippen LogP contribution < -0.4 is 10.1 Å². The molecule has 3 N–H and O–H groups in total. The van der Waals surface area contributed by atoms with Gasteiger partial charge < -0.3 is 9.84 Å². The van der Waals surface area contributed by atoms with Crippen LogP contribution in [0.1, 0.15) is 60.4 Å². The first-order valence-corrected chi connectivity index (χ1v) is 11.1. The molecular formula is C25H31N2O3+. The number of quaternary nitrogens is 1. The lowest BCUT2D eigenvalue weighted by Crippen LogP contribution is -2.80. The molecule has 0 aliphatic carbocycles. The van der Waals surface area contributed by atoms with Crippen molar-refractivity contribution in [2.24, 2.45) is 0 Å². The summed E-state index contributed by atoms with van der Waals surface area (Å²) < 4.78 is 5.65. The summed E-state index contributed by atoms with van der Waals surface area (Å²) in [6, 6.07) is 10.5. The van der Waals surface area contributed by atoms with Crippen molar-refractivity contribution in [3.63, 3.8) is 0 Å². The molecular weight excluding hydrogens is 376 g/mol. The number of nitrogens with two attached hydrogens (primary N) is 1. The Bertz CT molecular complexity index is 923. The normalized spacial score (nSPS) is 16.1. The number of unbranched alkanes of at least 4 members (excludes halogenated alkanes) is 2. The van der Waals surface area contributed by atoms with Crippen LogP contribution >= 0.6 is 0 Å². The SMILES string of the molecule is O=C(O)CC(/C=C/CCCCc1ccc2c(n1)[NH2+]CCC2)c1ccc2c(c1)OCC2. The van der Waals surface area contributed by atoms with Gasteiger partial charge in [-0.1, -0.05) is 24.3 Å². The van der Waals surface area contributed by atoms with Gasteiger partial charge in [-0.15, -0.1) is 0 Å². The van der Waals surface area contributed by atoms with E-state index in [4.69, 9.17) is 9.72 Å². The van der Waals surface area contributed by atoms with Gasteiger partial charge in [0, 0.05) is 30.0 Å². The molecule has 1 unspecified atom stereocenters. The monoisotopic (exact) mass is 407 g/mol. The molecule has 2 aliphatic heterocycles. The van der Waals surface area contributed by atoms with Gasteiger partial charge in [0.1, 0.15) is 5.75 Å². The largest absolute Gasteiger partial charge is 0.493 e. The highest BCUT2D eigenvalue weighted by molar-refractivity contribution is 5.68. The standard InChI is InChI=1S/C25H30N2O3/c28-24(29)17-20(21-10-9-18-13-15-30-23(18)16-21)6-3-1-2-4-8-22-12-11-19-7-5-14-26-25(19)27-22/h3,6,9-12,16,20H,1-2,4-5,7-8,13-15,17H2,(H,26,27)(H,28,29)/p+1/b6-3+. The summed E-state index contributed by atoms with van der Waals surface area (Å²) in [4.78, 5) is 16.1. The number of fused-ring (bicyclic) bond motifs is 2. The minimum absolute atomic E-state index is 0.102. The zero-order valence-corrected chi connectivity index (χ0v) is 17.5. The Labute approximate surface area is 178 Å². The summed E-state index contributed by atoms with van der Waals surface area (Å²) in [5.41, 5.74) is 4.79. The van der Waals surface area contributed by atoms with E-state index in [-0.39, 0.29) is 12.3 Å². The Morgan fingerprint density at radius 2 is 2.10 bits per heavy atom. The van der Waals surface area contributed by atoms with E-state index in [1.807, 2.05) is 12.1 Å². The van der Waals surface area contributed by atoms with E-state index >= 15 is 0 Å². The highest BCUT2D eigenvalue weighted by Gasteiger charge is 2.18. The van der Waals surface area contributed by atoms with Crippen LogP contribution in [0.25, 0.3) is 0 Å². The minimum Gasteiger partial charge on any atom is -0.493 e. The van der Waals surface area contributed by atoms with E-state index in [2.05, 4.69) is 35.7 Å². The molecule has 0 amide bonds. The number of aryl methyl sites for hydroxylation is 2. The van der Waals surface area contributed by atoms with E-state index in [0.717, 1.165) is 63.0 Å². The quantitative estimate of drug-likeness (QED) is 0.491. The smallest absolute Gasteiger partial charge is 0.304 e. The molecule has 0 saturated carbocycles. The maximum absolute atomic E-state index is 11.3. The third-order valence-electron chi connectivity index (χ3n) is 6.02. The van der Waals surface area contributed by atoms with Gasteiger partial charge in [0.05, 0.1) is 19.6 Å². The predicted molar refractivity (Wildman–Crippen MR) is 116 cm³/mol. The summed E-state index contributed by atoms with van der Waals surface area (Å²) in [6.07, 6.45) is 11.7. The van der Waals surface area contributed by atoms with Crippen LogP contribution in [-0.4, -0.2) is 29.2 Å². The van der Waals surface area contributed by atoms with Crippen molar-refractivity contribution in [3.05, 3.63) is 64.9 Å². The number of aromatic nitrogens is 1. The molecule has 5 heteroatoms. The van der Waals surface area contributed by atoms with Gasteiger partial charge in [0.25, 0.3) is 0 Å². The zero-order valence-electron chi connectivity index (χ0n) is 17.5. The Balaban J connectivity index is 1.28. The van der Waals surface area contributed by atoms with Crippen molar-refractivity contribution in [1.82, 2.24) is 4.98 Å². The highest BCUT2D eigenvalue weighted by Crippen LogP contribution is 2.31. The molecule has 3 heterocycles. The Kier molecular flexibility index (Phi) is 6.80. The number of carboxylic acids is 1. The molecule has 4 rings (SSSR count). The molecule has 1 aromatic carbocycles. The second kappa shape index (κ2) is 9.90. The number of carboxylic acid groups (broad SMARTS) is 1. The molecule has 1 atom stereocenters. The maximum Gasteiger partial charge on any atom is 0.304 e. The Morgan fingerprint density at radius 1 is 1.20 bits per heavy atom. The number of nitrogens with zero attached hydrogens (tertiary/aromatic N) is 1. The second-order valence-corrected chi connectivity index (χ2v) is 8.29. The number of ether oxygens (including phenoxy) is 1. The van der Waals surface area contributed by atoms with Crippen molar-refractivity contribution < 1.29 is 20.0 Å². The van der Waals surface area contributed by atoms with Gasteiger partial charge in [0.2, 0.25) is 5.82 Å². The fraction of sp³-hybridized carbons (Fsp3) is 0.440.